The lowest BCUT2D eigenvalue weighted by Crippen LogP contribution is -2.65. The second-order valence-corrected chi connectivity index (χ2v) is 5.52. The number of carbonyl (C=O) groups excluding carboxylic acids is 2. The summed E-state index contributed by atoms with van der Waals surface area (Å²) in [7, 11) is 0. The van der Waals surface area contributed by atoms with Gasteiger partial charge in [-0.1, -0.05) is 27.7 Å². The van der Waals surface area contributed by atoms with Gasteiger partial charge in [0.05, 0.1) is 0 Å². The van der Waals surface area contributed by atoms with Crippen LogP contribution < -0.4 is 5.32 Å². The van der Waals surface area contributed by atoms with Crippen LogP contribution in [0, 0.1) is 5.41 Å². The van der Waals surface area contributed by atoms with E-state index in [-0.39, 0.29) is 23.3 Å². The van der Waals surface area contributed by atoms with E-state index in [0.717, 1.165) is 6.42 Å². The molecule has 1 saturated heterocycles. The van der Waals surface area contributed by atoms with Crippen LogP contribution in [0.2, 0.25) is 0 Å². The van der Waals surface area contributed by atoms with Crippen molar-refractivity contribution in [2.75, 3.05) is 6.54 Å². The third-order valence-corrected chi connectivity index (χ3v) is 2.99. The topological polar surface area (TPSA) is 49.4 Å². The van der Waals surface area contributed by atoms with Crippen LogP contribution in [0.15, 0.2) is 0 Å². The van der Waals surface area contributed by atoms with Crippen molar-refractivity contribution in [1.82, 2.24) is 10.2 Å². The van der Waals surface area contributed by atoms with Gasteiger partial charge in [0.2, 0.25) is 11.8 Å². The maximum atomic E-state index is 12.2. The Morgan fingerprint density at radius 2 is 1.88 bits per heavy atom. The third kappa shape index (κ3) is 2.36. The van der Waals surface area contributed by atoms with E-state index in [9.17, 15) is 9.59 Å². The molecule has 1 heterocycles. The fourth-order valence-corrected chi connectivity index (χ4v) is 1.95. The van der Waals surface area contributed by atoms with Crippen LogP contribution >= 0.6 is 0 Å². The minimum atomic E-state index is -0.400. The fraction of sp³-hybridized carbons (Fsp3) is 0.833. The molecule has 0 aromatic rings. The molecule has 1 rings (SSSR count). The first-order valence-corrected chi connectivity index (χ1v) is 5.90. The van der Waals surface area contributed by atoms with Gasteiger partial charge in [-0.05, 0) is 18.8 Å². The van der Waals surface area contributed by atoms with Crippen molar-refractivity contribution in [3.63, 3.8) is 0 Å². The van der Waals surface area contributed by atoms with Crippen molar-refractivity contribution in [2.24, 2.45) is 5.41 Å². The molecule has 0 aromatic heterocycles. The van der Waals surface area contributed by atoms with E-state index in [1.807, 2.05) is 27.7 Å². The van der Waals surface area contributed by atoms with Crippen molar-refractivity contribution in [3.05, 3.63) is 0 Å². The summed E-state index contributed by atoms with van der Waals surface area (Å²) in [6, 6.07) is -0.742. The van der Waals surface area contributed by atoms with E-state index in [1.54, 1.807) is 11.8 Å². The smallest absolute Gasteiger partial charge is 0.246 e. The molecule has 0 saturated carbocycles. The Labute approximate surface area is 97.4 Å². The van der Waals surface area contributed by atoms with Crippen LogP contribution in [0.3, 0.4) is 0 Å². The Bertz CT molecular complexity index is 294. The average molecular weight is 226 g/mol. The van der Waals surface area contributed by atoms with Crippen LogP contribution in [0.1, 0.15) is 41.0 Å². The average Bonchev–Trinajstić information content (AvgIpc) is 2.16. The summed E-state index contributed by atoms with van der Waals surface area (Å²) in [6.07, 6.45) is 0.875. The molecule has 4 heteroatoms. The normalized spacial score (nSPS) is 26.9. The maximum Gasteiger partial charge on any atom is 0.246 e. The maximum absolute atomic E-state index is 12.2. The second-order valence-electron chi connectivity index (χ2n) is 5.52. The van der Waals surface area contributed by atoms with E-state index in [4.69, 9.17) is 0 Å². The molecule has 1 N–H and O–H groups in total. The largest absolute Gasteiger partial charge is 0.342 e. The first kappa shape index (κ1) is 13.0. The standard InChI is InChI=1S/C12H22N2O2/c1-6-7-14-8(2)10(15)13-9(11(14)16)12(3,4)5/h8-9H,6-7H2,1-5H3,(H,13,15). The van der Waals surface area contributed by atoms with Gasteiger partial charge < -0.3 is 10.2 Å². The second kappa shape index (κ2) is 4.44. The molecule has 16 heavy (non-hydrogen) atoms. The lowest BCUT2D eigenvalue weighted by atomic mass is 9.84. The first-order valence-electron chi connectivity index (χ1n) is 5.90. The predicted molar refractivity (Wildman–Crippen MR) is 62.9 cm³/mol. The Kier molecular flexibility index (Phi) is 3.61. The number of rotatable bonds is 2. The molecule has 0 spiro atoms. The molecule has 0 aliphatic carbocycles. The Morgan fingerprint density at radius 3 is 2.31 bits per heavy atom. The summed E-state index contributed by atoms with van der Waals surface area (Å²) in [4.78, 5) is 25.7. The molecular weight excluding hydrogens is 204 g/mol. The molecular formula is C12H22N2O2. The third-order valence-electron chi connectivity index (χ3n) is 2.99. The van der Waals surface area contributed by atoms with Gasteiger partial charge in [-0.2, -0.15) is 0 Å². The molecule has 0 radical (unpaired) electrons. The number of hydrogen-bond acceptors (Lipinski definition) is 2. The number of piperazine rings is 1. The quantitative estimate of drug-likeness (QED) is 0.768. The van der Waals surface area contributed by atoms with Gasteiger partial charge in [0.1, 0.15) is 12.1 Å². The van der Waals surface area contributed by atoms with Gasteiger partial charge in [-0.25, -0.2) is 0 Å². The number of nitrogens with one attached hydrogen (secondary N) is 1. The molecule has 4 nitrogen and oxygen atoms in total. The highest BCUT2D eigenvalue weighted by Gasteiger charge is 2.42. The van der Waals surface area contributed by atoms with E-state index >= 15 is 0 Å². The van der Waals surface area contributed by atoms with E-state index in [1.165, 1.54) is 0 Å². The van der Waals surface area contributed by atoms with Gasteiger partial charge in [0, 0.05) is 6.54 Å². The highest BCUT2D eigenvalue weighted by atomic mass is 16.2. The van der Waals surface area contributed by atoms with Crippen LogP contribution in [0.25, 0.3) is 0 Å². The number of hydrogen-bond donors (Lipinski definition) is 1. The van der Waals surface area contributed by atoms with Gasteiger partial charge >= 0.3 is 0 Å². The van der Waals surface area contributed by atoms with E-state index in [0.29, 0.717) is 6.54 Å². The van der Waals surface area contributed by atoms with Crippen LogP contribution in [-0.4, -0.2) is 35.3 Å². The highest BCUT2D eigenvalue weighted by molar-refractivity contribution is 5.97. The monoisotopic (exact) mass is 226 g/mol. The van der Waals surface area contributed by atoms with Gasteiger partial charge in [0.15, 0.2) is 0 Å². The molecule has 92 valence electrons. The predicted octanol–water partition coefficient (Wildman–Crippen LogP) is 1.16. The summed E-state index contributed by atoms with van der Waals surface area (Å²) >= 11 is 0. The van der Waals surface area contributed by atoms with E-state index < -0.39 is 6.04 Å². The van der Waals surface area contributed by atoms with Crippen molar-refractivity contribution >= 4 is 11.8 Å². The minimum absolute atomic E-state index is 0.0430. The summed E-state index contributed by atoms with van der Waals surface area (Å²) < 4.78 is 0. The van der Waals surface area contributed by atoms with Crippen molar-refractivity contribution in [3.8, 4) is 0 Å². The zero-order chi connectivity index (χ0) is 12.5. The summed E-state index contributed by atoms with van der Waals surface area (Å²) in [5.74, 6) is -0.00516. The van der Waals surface area contributed by atoms with Gasteiger partial charge in [-0.15, -0.1) is 0 Å². The summed E-state index contributed by atoms with van der Waals surface area (Å²) in [5, 5.41) is 2.81. The number of carbonyl (C=O) groups is 2. The molecule has 0 aromatic carbocycles. The lowest BCUT2D eigenvalue weighted by Gasteiger charge is -2.42. The minimum Gasteiger partial charge on any atom is -0.342 e. The first-order chi connectivity index (χ1) is 7.29. The molecule has 1 fully saturated rings. The molecule has 1 aliphatic heterocycles. The highest BCUT2D eigenvalue weighted by Crippen LogP contribution is 2.25. The summed E-state index contributed by atoms with van der Waals surface area (Å²) in [6.45, 7) is 10.3. The van der Waals surface area contributed by atoms with Crippen LogP contribution in [0.5, 0.6) is 0 Å². The Balaban J connectivity index is 2.93. The molecule has 1 aliphatic rings. The number of nitrogens with zero attached hydrogens (tertiary/aromatic N) is 1. The molecule has 2 unspecified atom stereocenters. The van der Waals surface area contributed by atoms with Crippen LogP contribution in [-0.2, 0) is 9.59 Å². The molecule has 0 bridgehead atoms. The fourth-order valence-electron chi connectivity index (χ4n) is 1.95. The Morgan fingerprint density at radius 1 is 1.31 bits per heavy atom. The SMILES string of the molecule is CCCN1C(=O)C(C(C)(C)C)NC(=O)C1C. The Hall–Kier alpha value is -1.06. The van der Waals surface area contributed by atoms with Gasteiger partial charge in [-0.3, -0.25) is 9.59 Å². The van der Waals surface area contributed by atoms with E-state index in [2.05, 4.69) is 5.32 Å². The zero-order valence-corrected chi connectivity index (χ0v) is 10.8. The van der Waals surface area contributed by atoms with Crippen molar-refractivity contribution in [2.45, 2.75) is 53.1 Å². The van der Waals surface area contributed by atoms with Crippen LogP contribution in [0.4, 0.5) is 0 Å². The summed E-state index contributed by atoms with van der Waals surface area (Å²) in [5.41, 5.74) is -0.237. The van der Waals surface area contributed by atoms with Crippen molar-refractivity contribution in [1.29, 1.82) is 0 Å². The zero-order valence-electron chi connectivity index (χ0n) is 10.8. The number of amides is 2. The molecule has 2 atom stereocenters. The molecule has 2 amide bonds. The van der Waals surface area contributed by atoms with Gasteiger partial charge in [0.25, 0.3) is 0 Å². The lowest BCUT2D eigenvalue weighted by molar-refractivity contribution is -0.151. The van der Waals surface area contributed by atoms with Crippen molar-refractivity contribution < 1.29 is 9.59 Å².